The number of fused-ring (bicyclic) bond motifs is 3. The number of hydrogen-bond acceptors (Lipinski definition) is 5. The molecule has 5 rings (SSSR count). The van der Waals surface area contributed by atoms with Crippen LogP contribution < -0.4 is 5.32 Å². The first kappa shape index (κ1) is 17.7. The molecule has 6 nitrogen and oxygen atoms in total. The third kappa shape index (κ3) is 2.82. The van der Waals surface area contributed by atoms with Crippen LogP contribution in [0.15, 0.2) is 24.4 Å². The maximum atomic E-state index is 9.50. The van der Waals surface area contributed by atoms with Gasteiger partial charge in [-0.3, -0.25) is 0 Å². The first-order chi connectivity index (χ1) is 13.6. The van der Waals surface area contributed by atoms with Crippen molar-refractivity contribution in [3.05, 3.63) is 35.0 Å². The molecule has 0 amide bonds. The molecule has 2 aliphatic rings. The number of aromatic nitrogens is 2. The summed E-state index contributed by atoms with van der Waals surface area (Å²) in [5.41, 5.74) is 2.22. The molecule has 7 heteroatoms. The molecular formula is C21H21ClN4O2. The molecule has 0 bridgehead atoms. The number of nitrogens with zero attached hydrogens (tertiary/aromatic N) is 2. The zero-order valence-corrected chi connectivity index (χ0v) is 16.3. The Morgan fingerprint density at radius 3 is 2.93 bits per heavy atom. The standard InChI is InChI=1S/C21H21ClN4O2/c1-12-9-21(27-6-7-28-21)5-4-16(12)26-20-18-15-3-2-14(22)8-17(15)25-19(18)13(10-23)11-24-20/h2-3,8,11-12,16,25H,4-7,9H2,1H3,(H,24,26)/t12-,16-/m1/s1. The van der Waals surface area contributed by atoms with Crippen LogP contribution in [0.2, 0.25) is 5.02 Å². The van der Waals surface area contributed by atoms with Crippen LogP contribution in [-0.2, 0) is 9.47 Å². The average Bonchev–Trinajstić information content (AvgIpc) is 3.28. The van der Waals surface area contributed by atoms with Crippen molar-refractivity contribution in [3.8, 4) is 6.07 Å². The number of anilines is 1. The number of hydrogen-bond donors (Lipinski definition) is 2. The van der Waals surface area contributed by atoms with Crippen molar-refractivity contribution in [3.63, 3.8) is 0 Å². The number of ether oxygens (including phenoxy) is 2. The SMILES string of the molecule is C[C@@H]1CC2(CC[C@H]1Nc1ncc(C#N)c3[nH]c4cc(Cl)ccc4c13)OCCO2. The fourth-order valence-corrected chi connectivity index (χ4v) is 4.79. The quantitative estimate of drug-likeness (QED) is 0.662. The number of nitrogens with one attached hydrogen (secondary N) is 2. The van der Waals surface area contributed by atoms with Gasteiger partial charge in [0.2, 0.25) is 0 Å². The predicted molar refractivity (Wildman–Crippen MR) is 108 cm³/mol. The van der Waals surface area contributed by atoms with Crippen LogP contribution in [0, 0.1) is 17.2 Å². The molecule has 2 aromatic heterocycles. The largest absolute Gasteiger partial charge is 0.366 e. The molecule has 0 radical (unpaired) electrons. The van der Waals surface area contributed by atoms with Crippen molar-refractivity contribution >= 4 is 39.2 Å². The molecule has 2 N–H and O–H groups in total. The van der Waals surface area contributed by atoms with Gasteiger partial charge in [-0.05, 0) is 24.5 Å². The molecular weight excluding hydrogens is 376 g/mol. The van der Waals surface area contributed by atoms with Crippen molar-refractivity contribution < 1.29 is 9.47 Å². The lowest BCUT2D eigenvalue weighted by molar-refractivity contribution is -0.186. The van der Waals surface area contributed by atoms with E-state index in [1.54, 1.807) is 6.20 Å². The monoisotopic (exact) mass is 396 g/mol. The Morgan fingerprint density at radius 2 is 2.18 bits per heavy atom. The summed E-state index contributed by atoms with van der Waals surface area (Å²) in [4.78, 5) is 7.93. The van der Waals surface area contributed by atoms with E-state index in [-0.39, 0.29) is 6.04 Å². The van der Waals surface area contributed by atoms with Crippen LogP contribution in [0.4, 0.5) is 5.82 Å². The molecule has 3 aromatic rings. The van der Waals surface area contributed by atoms with Crippen molar-refractivity contribution in [2.75, 3.05) is 18.5 Å². The third-order valence-electron chi connectivity index (χ3n) is 6.00. The zero-order chi connectivity index (χ0) is 19.3. The van der Waals surface area contributed by atoms with E-state index in [9.17, 15) is 5.26 Å². The summed E-state index contributed by atoms with van der Waals surface area (Å²) in [6.07, 6.45) is 4.31. The van der Waals surface area contributed by atoms with Crippen LogP contribution in [0.5, 0.6) is 0 Å². The summed E-state index contributed by atoms with van der Waals surface area (Å²) in [6, 6.07) is 8.21. The number of pyridine rings is 1. The second-order valence-electron chi connectivity index (χ2n) is 7.78. The van der Waals surface area contributed by atoms with E-state index < -0.39 is 5.79 Å². The highest BCUT2D eigenvalue weighted by Gasteiger charge is 2.43. The van der Waals surface area contributed by atoms with Gasteiger partial charge < -0.3 is 19.8 Å². The first-order valence-electron chi connectivity index (χ1n) is 9.63. The molecule has 1 aromatic carbocycles. The number of benzene rings is 1. The van der Waals surface area contributed by atoms with Gasteiger partial charge in [0.05, 0.1) is 29.7 Å². The van der Waals surface area contributed by atoms with Gasteiger partial charge in [-0.15, -0.1) is 0 Å². The van der Waals surface area contributed by atoms with E-state index in [2.05, 4.69) is 28.3 Å². The molecule has 2 fully saturated rings. The van der Waals surface area contributed by atoms with Crippen molar-refractivity contribution in [1.29, 1.82) is 5.26 Å². The Hall–Kier alpha value is -2.33. The minimum atomic E-state index is -0.400. The maximum absolute atomic E-state index is 9.50. The summed E-state index contributed by atoms with van der Waals surface area (Å²) in [7, 11) is 0. The van der Waals surface area contributed by atoms with Gasteiger partial charge in [0.25, 0.3) is 0 Å². The highest BCUT2D eigenvalue weighted by atomic mass is 35.5. The molecule has 1 aliphatic heterocycles. The smallest absolute Gasteiger partial charge is 0.168 e. The van der Waals surface area contributed by atoms with Crippen LogP contribution >= 0.6 is 11.6 Å². The number of rotatable bonds is 2. The Morgan fingerprint density at radius 1 is 1.36 bits per heavy atom. The summed E-state index contributed by atoms with van der Waals surface area (Å²) >= 11 is 6.15. The van der Waals surface area contributed by atoms with Gasteiger partial charge in [0, 0.05) is 41.0 Å². The fourth-order valence-electron chi connectivity index (χ4n) is 4.61. The zero-order valence-electron chi connectivity index (χ0n) is 15.6. The van der Waals surface area contributed by atoms with E-state index in [4.69, 9.17) is 21.1 Å². The Balaban J connectivity index is 1.53. The second kappa shape index (κ2) is 6.63. The van der Waals surface area contributed by atoms with E-state index in [0.29, 0.717) is 29.7 Å². The highest BCUT2D eigenvalue weighted by Crippen LogP contribution is 2.41. The summed E-state index contributed by atoms with van der Waals surface area (Å²) in [5.74, 6) is 0.769. The fraction of sp³-hybridized carbons (Fsp3) is 0.429. The minimum Gasteiger partial charge on any atom is -0.366 e. The molecule has 144 valence electrons. The molecule has 1 saturated heterocycles. The summed E-state index contributed by atoms with van der Waals surface area (Å²) in [6.45, 7) is 3.58. The van der Waals surface area contributed by atoms with Crippen LogP contribution in [0.25, 0.3) is 21.8 Å². The number of halogens is 1. The summed E-state index contributed by atoms with van der Waals surface area (Å²) < 4.78 is 11.8. The first-order valence-corrected chi connectivity index (χ1v) is 10.0. The number of nitriles is 1. The van der Waals surface area contributed by atoms with Crippen molar-refractivity contribution in [2.45, 2.75) is 38.0 Å². The van der Waals surface area contributed by atoms with Crippen LogP contribution in [0.1, 0.15) is 31.7 Å². The molecule has 1 saturated carbocycles. The maximum Gasteiger partial charge on any atom is 0.168 e. The van der Waals surface area contributed by atoms with E-state index in [0.717, 1.165) is 46.9 Å². The molecule has 3 heterocycles. The van der Waals surface area contributed by atoms with Crippen LogP contribution in [-0.4, -0.2) is 35.0 Å². The average molecular weight is 397 g/mol. The summed E-state index contributed by atoms with van der Waals surface area (Å²) in [5, 5.41) is 15.7. The second-order valence-corrected chi connectivity index (χ2v) is 8.21. The lowest BCUT2D eigenvalue weighted by Gasteiger charge is -2.40. The molecule has 1 aliphatic carbocycles. The molecule has 1 spiro atoms. The Bertz CT molecular complexity index is 1100. The lowest BCUT2D eigenvalue weighted by Crippen LogP contribution is -2.44. The highest BCUT2D eigenvalue weighted by molar-refractivity contribution is 6.31. The van der Waals surface area contributed by atoms with E-state index in [1.807, 2.05) is 18.2 Å². The Labute approximate surface area is 167 Å². The van der Waals surface area contributed by atoms with Gasteiger partial charge in [-0.1, -0.05) is 24.6 Å². The lowest BCUT2D eigenvalue weighted by atomic mass is 9.81. The Kier molecular flexibility index (Phi) is 4.20. The van der Waals surface area contributed by atoms with Gasteiger partial charge >= 0.3 is 0 Å². The van der Waals surface area contributed by atoms with E-state index >= 15 is 0 Å². The molecule has 28 heavy (non-hydrogen) atoms. The molecule has 0 unspecified atom stereocenters. The van der Waals surface area contributed by atoms with E-state index in [1.165, 1.54) is 0 Å². The predicted octanol–water partition coefficient (Wildman–Crippen LogP) is 4.58. The van der Waals surface area contributed by atoms with Crippen molar-refractivity contribution in [2.24, 2.45) is 5.92 Å². The van der Waals surface area contributed by atoms with Gasteiger partial charge in [0.15, 0.2) is 5.79 Å². The normalized spacial score (nSPS) is 24.0. The van der Waals surface area contributed by atoms with Gasteiger partial charge in [-0.25, -0.2) is 4.98 Å². The number of H-pyrrole nitrogens is 1. The third-order valence-corrected chi connectivity index (χ3v) is 6.24. The number of aromatic amines is 1. The topological polar surface area (TPSA) is 83.0 Å². The molecule has 2 atom stereocenters. The van der Waals surface area contributed by atoms with Gasteiger partial charge in [0.1, 0.15) is 11.9 Å². The van der Waals surface area contributed by atoms with Crippen LogP contribution in [0.3, 0.4) is 0 Å². The minimum absolute atomic E-state index is 0.263. The van der Waals surface area contributed by atoms with Crippen molar-refractivity contribution in [1.82, 2.24) is 9.97 Å². The van der Waals surface area contributed by atoms with Gasteiger partial charge in [-0.2, -0.15) is 5.26 Å².